The van der Waals surface area contributed by atoms with E-state index in [9.17, 15) is 0 Å². The molecule has 2 heterocycles. The zero-order valence-electron chi connectivity index (χ0n) is 17.4. The van der Waals surface area contributed by atoms with Crippen molar-refractivity contribution in [3.8, 4) is 11.5 Å². The third kappa shape index (κ3) is 5.53. The Bertz CT molecular complexity index is 879. The minimum Gasteiger partial charge on any atom is -0.497 e. The Kier molecular flexibility index (Phi) is 8.12. The van der Waals surface area contributed by atoms with E-state index in [1.165, 1.54) is 42.6 Å². The van der Waals surface area contributed by atoms with E-state index in [1.54, 1.807) is 7.11 Å². The standard InChI is InChI=1S/C25H28N2O2.ClH/c1-28-23-10-6-20(7-11-23)25(22-5-4-14-26-19-22)21-8-12-24(13-9-21)29-18-17-27-15-2-3-16-27;/h4-14,19,25H,2-3,15-18H2,1H3;1H. The first kappa shape index (κ1) is 22.1. The van der Waals surface area contributed by atoms with Gasteiger partial charge in [-0.25, -0.2) is 0 Å². The van der Waals surface area contributed by atoms with E-state index < -0.39 is 0 Å². The molecular weight excluding hydrogens is 396 g/mol. The second-order valence-corrected chi connectivity index (χ2v) is 7.46. The Balaban J connectivity index is 0.00000256. The summed E-state index contributed by atoms with van der Waals surface area (Å²) in [5, 5.41) is 0. The van der Waals surface area contributed by atoms with Crippen LogP contribution in [0, 0.1) is 0 Å². The maximum atomic E-state index is 5.97. The molecule has 1 fully saturated rings. The Morgan fingerprint density at radius 1 is 0.867 bits per heavy atom. The number of halogens is 1. The van der Waals surface area contributed by atoms with Crippen LogP contribution in [0.25, 0.3) is 0 Å². The molecule has 1 aliphatic heterocycles. The smallest absolute Gasteiger partial charge is 0.119 e. The van der Waals surface area contributed by atoms with Crippen LogP contribution in [0.15, 0.2) is 73.1 Å². The highest BCUT2D eigenvalue weighted by Crippen LogP contribution is 2.33. The summed E-state index contributed by atoms with van der Waals surface area (Å²) in [6.07, 6.45) is 6.38. The highest BCUT2D eigenvalue weighted by Gasteiger charge is 2.17. The van der Waals surface area contributed by atoms with E-state index in [-0.39, 0.29) is 18.3 Å². The first-order chi connectivity index (χ1) is 14.3. The molecule has 1 saturated heterocycles. The fraction of sp³-hybridized carbons (Fsp3) is 0.320. The van der Waals surface area contributed by atoms with Crippen molar-refractivity contribution in [1.29, 1.82) is 0 Å². The highest BCUT2D eigenvalue weighted by molar-refractivity contribution is 5.85. The second-order valence-electron chi connectivity index (χ2n) is 7.46. The molecule has 0 spiro atoms. The number of pyridine rings is 1. The zero-order valence-corrected chi connectivity index (χ0v) is 18.2. The van der Waals surface area contributed by atoms with Crippen molar-refractivity contribution in [1.82, 2.24) is 9.88 Å². The number of benzene rings is 2. The van der Waals surface area contributed by atoms with E-state index in [2.05, 4.69) is 52.3 Å². The van der Waals surface area contributed by atoms with Gasteiger partial charge in [0.15, 0.2) is 0 Å². The normalized spacial score (nSPS) is 14.7. The molecule has 1 aliphatic rings. The molecule has 1 unspecified atom stereocenters. The van der Waals surface area contributed by atoms with Crippen LogP contribution in [0.3, 0.4) is 0 Å². The zero-order chi connectivity index (χ0) is 19.9. The average molecular weight is 425 g/mol. The number of aromatic nitrogens is 1. The topological polar surface area (TPSA) is 34.6 Å². The van der Waals surface area contributed by atoms with Gasteiger partial charge in [-0.3, -0.25) is 9.88 Å². The average Bonchev–Trinajstić information content (AvgIpc) is 3.30. The number of rotatable bonds is 8. The second kappa shape index (κ2) is 11.0. The van der Waals surface area contributed by atoms with Gasteiger partial charge in [0.1, 0.15) is 18.1 Å². The molecule has 30 heavy (non-hydrogen) atoms. The van der Waals surface area contributed by atoms with Crippen LogP contribution < -0.4 is 9.47 Å². The van der Waals surface area contributed by atoms with Gasteiger partial charge in [0, 0.05) is 24.9 Å². The predicted molar refractivity (Wildman–Crippen MR) is 123 cm³/mol. The maximum absolute atomic E-state index is 5.97. The summed E-state index contributed by atoms with van der Waals surface area (Å²) in [6, 6.07) is 20.8. The molecule has 3 aromatic rings. The molecule has 1 aromatic heterocycles. The third-order valence-electron chi connectivity index (χ3n) is 5.56. The minimum atomic E-state index is 0. The first-order valence-corrected chi connectivity index (χ1v) is 10.3. The van der Waals surface area contributed by atoms with Crippen LogP contribution in [0.1, 0.15) is 35.4 Å². The van der Waals surface area contributed by atoms with Gasteiger partial charge >= 0.3 is 0 Å². The Hall–Kier alpha value is -2.56. The largest absolute Gasteiger partial charge is 0.497 e. The molecular formula is C25H29ClN2O2. The Morgan fingerprint density at radius 2 is 1.50 bits per heavy atom. The monoisotopic (exact) mass is 424 g/mol. The SMILES string of the molecule is COc1ccc(C(c2ccc(OCCN3CCCC3)cc2)c2cccnc2)cc1.Cl. The van der Waals surface area contributed by atoms with Crippen LogP contribution >= 0.6 is 12.4 Å². The van der Waals surface area contributed by atoms with Gasteiger partial charge in [0.25, 0.3) is 0 Å². The molecule has 1 atom stereocenters. The van der Waals surface area contributed by atoms with Crippen molar-refractivity contribution in [3.63, 3.8) is 0 Å². The molecule has 5 heteroatoms. The fourth-order valence-corrected chi connectivity index (χ4v) is 3.98. The summed E-state index contributed by atoms with van der Waals surface area (Å²) in [7, 11) is 1.69. The summed E-state index contributed by atoms with van der Waals surface area (Å²) >= 11 is 0. The number of nitrogens with zero attached hydrogens (tertiary/aromatic N) is 2. The summed E-state index contributed by atoms with van der Waals surface area (Å²) in [5.74, 6) is 1.90. The molecule has 0 N–H and O–H groups in total. The number of likely N-dealkylation sites (tertiary alicyclic amines) is 1. The van der Waals surface area contributed by atoms with Crippen LogP contribution in [0.4, 0.5) is 0 Å². The minimum absolute atomic E-state index is 0. The van der Waals surface area contributed by atoms with Crippen molar-refractivity contribution in [2.24, 2.45) is 0 Å². The summed E-state index contributed by atoms with van der Waals surface area (Å²) < 4.78 is 11.3. The highest BCUT2D eigenvalue weighted by atomic mass is 35.5. The van der Waals surface area contributed by atoms with Crippen LogP contribution in [0.5, 0.6) is 11.5 Å². The van der Waals surface area contributed by atoms with Gasteiger partial charge in [-0.2, -0.15) is 0 Å². The Labute approximate surface area is 185 Å². The van der Waals surface area contributed by atoms with Gasteiger partial charge in [0.2, 0.25) is 0 Å². The van der Waals surface area contributed by atoms with Crippen molar-refractivity contribution in [2.75, 3.05) is 33.4 Å². The van der Waals surface area contributed by atoms with Crippen molar-refractivity contribution >= 4 is 12.4 Å². The molecule has 0 aliphatic carbocycles. The van der Waals surface area contributed by atoms with E-state index in [0.29, 0.717) is 0 Å². The lowest BCUT2D eigenvalue weighted by Gasteiger charge is -2.19. The van der Waals surface area contributed by atoms with Crippen LogP contribution in [0.2, 0.25) is 0 Å². The molecule has 0 radical (unpaired) electrons. The molecule has 4 nitrogen and oxygen atoms in total. The van der Waals surface area contributed by atoms with Gasteiger partial charge < -0.3 is 9.47 Å². The van der Waals surface area contributed by atoms with Gasteiger partial charge in [0.05, 0.1) is 7.11 Å². The number of ether oxygens (including phenoxy) is 2. The third-order valence-corrected chi connectivity index (χ3v) is 5.56. The summed E-state index contributed by atoms with van der Waals surface area (Å²) in [5.41, 5.74) is 3.59. The van der Waals surface area contributed by atoms with Gasteiger partial charge in [-0.1, -0.05) is 30.3 Å². The molecule has 2 aromatic carbocycles. The van der Waals surface area contributed by atoms with E-state index in [4.69, 9.17) is 9.47 Å². The first-order valence-electron chi connectivity index (χ1n) is 10.3. The number of methoxy groups -OCH3 is 1. The quantitative estimate of drug-likeness (QED) is 0.499. The predicted octanol–water partition coefficient (Wildman–Crippen LogP) is 5.17. The summed E-state index contributed by atoms with van der Waals surface area (Å²) in [6.45, 7) is 4.16. The maximum Gasteiger partial charge on any atom is 0.119 e. The number of hydrogen-bond acceptors (Lipinski definition) is 4. The lowest BCUT2D eigenvalue weighted by molar-refractivity contribution is 0.238. The van der Waals surface area contributed by atoms with Crippen molar-refractivity contribution in [2.45, 2.75) is 18.8 Å². The van der Waals surface area contributed by atoms with E-state index in [0.717, 1.165) is 24.7 Å². The van der Waals surface area contributed by atoms with Crippen molar-refractivity contribution in [3.05, 3.63) is 89.7 Å². The fourth-order valence-electron chi connectivity index (χ4n) is 3.98. The molecule has 4 rings (SSSR count). The van der Waals surface area contributed by atoms with E-state index in [1.807, 2.05) is 30.6 Å². The van der Waals surface area contributed by atoms with Crippen LogP contribution in [-0.2, 0) is 0 Å². The molecule has 0 bridgehead atoms. The lowest BCUT2D eigenvalue weighted by Crippen LogP contribution is -2.25. The van der Waals surface area contributed by atoms with Crippen molar-refractivity contribution < 1.29 is 9.47 Å². The van der Waals surface area contributed by atoms with Gasteiger partial charge in [-0.15, -0.1) is 12.4 Å². The molecule has 158 valence electrons. The van der Waals surface area contributed by atoms with Crippen LogP contribution in [-0.4, -0.2) is 43.2 Å². The van der Waals surface area contributed by atoms with E-state index >= 15 is 0 Å². The Morgan fingerprint density at radius 3 is 2.07 bits per heavy atom. The summed E-state index contributed by atoms with van der Waals surface area (Å²) in [4.78, 5) is 6.80. The molecule has 0 amide bonds. The van der Waals surface area contributed by atoms with Gasteiger partial charge in [-0.05, 0) is 73.0 Å². The molecule has 0 saturated carbocycles. The lowest BCUT2D eigenvalue weighted by atomic mass is 9.86. The number of hydrogen-bond donors (Lipinski definition) is 0.